The normalized spacial score (nSPS) is 10.8. The number of benzene rings is 1. The van der Waals surface area contributed by atoms with Crippen molar-refractivity contribution >= 4 is 5.69 Å². The van der Waals surface area contributed by atoms with Crippen LogP contribution < -0.4 is 5.32 Å². The minimum Gasteiger partial charge on any atom is -0.444 e. The van der Waals surface area contributed by atoms with Gasteiger partial charge in [0.2, 0.25) is 5.89 Å². The minimum absolute atomic E-state index is 0.0262. The molecule has 7 nitrogen and oxygen atoms in total. The number of nitro groups is 1. The number of hydrogen-bond acceptors (Lipinski definition) is 6. The Hall–Kier alpha value is -2.25. The quantitative estimate of drug-likeness (QED) is 0.478. The van der Waals surface area contributed by atoms with Gasteiger partial charge in [0, 0.05) is 25.8 Å². The molecule has 0 bridgehead atoms. The van der Waals surface area contributed by atoms with Gasteiger partial charge >= 0.3 is 0 Å². The number of aromatic nitrogens is 1. The maximum Gasteiger partial charge on any atom is 0.284 e. The summed E-state index contributed by atoms with van der Waals surface area (Å²) in [6, 6.07) is 5.08. The number of hydrogen-bond donors (Lipinski definition) is 1. The maximum absolute atomic E-state index is 11.2. The Labute approximate surface area is 122 Å². The van der Waals surface area contributed by atoms with Crippen LogP contribution in [-0.2, 0) is 11.3 Å². The van der Waals surface area contributed by atoms with Crippen LogP contribution in [-0.4, -0.2) is 30.2 Å². The fourth-order valence-electron chi connectivity index (χ4n) is 1.98. The molecule has 112 valence electrons. The zero-order valence-corrected chi connectivity index (χ0v) is 12.0. The fourth-order valence-corrected chi connectivity index (χ4v) is 1.98. The lowest BCUT2D eigenvalue weighted by molar-refractivity contribution is -0.384. The number of nitrogens with zero attached hydrogens (tertiary/aromatic N) is 2. The molecule has 1 N–H and O–H groups in total. The predicted octanol–water partition coefficient (Wildman–Crippen LogP) is 2.29. The monoisotopic (exact) mass is 291 g/mol. The third-order valence-electron chi connectivity index (χ3n) is 2.99. The van der Waals surface area contributed by atoms with Crippen molar-refractivity contribution in [2.75, 3.05) is 20.3 Å². The summed E-state index contributed by atoms with van der Waals surface area (Å²) in [5.41, 5.74) is 1.69. The van der Waals surface area contributed by atoms with Gasteiger partial charge in [-0.15, -0.1) is 0 Å². The summed E-state index contributed by atoms with van der Waals surface area (Å²) in [5, 5.41) is 14.3. The van der Waals surface area contributed by atoms with Crippen molar-refractivity contribution in [2.45, 2.75) is 13.5 Å². The number of para-hydroxylation sites is 1. The van der Waals surface area contributed by atoms with Gasteiger partial charge in [-0.25, -0.2) is 4.98 Å². The first-order chi connectivity index (χ1) is 10.1. The van der Waals surface area contributed by atoms with Gasteiger partial charge in [-0.2, -0.15) is 0 Å². The van der Waals surface area contributed by atoms with Crippen LogP contribution in [0.5, 0.6) is 0 Å². The second-order valence-corrected chi connectivity index (χ2v) is 4.54. The van der Waals surface area contributed by atoms with E-state index in [2.05, 4.69) is 10.3 Å². The van der Waals surface area contributed by atoms with Crippen LogP contribution in [0.2, 0.25) is 0 Å². The molecule has 0 fully saturated rings. The van der Waals surface area contributed by atoms with Crippen LogP contribution in [0.25, 0.3) is 11.5 Å². The van der Waals surface area contributed by atoms with Crippen LogP contribution in [0.4, 0.5) is 5.69 Å². The second-order valence-electron chi connectivity index (χ2n) is 4.54. The Kier molecular flexibility index (Phi) is 5.02. The molecule has 1 aromatic carbocycles. The molecule has 0 saturated carbocycles. The van der Waals surface area contributed by atoms with Gasteiger partial charge in [-0.3, -0.25) is 10.1 Å². The van der Waals surface area contributed by atoms with Crippen LogP contribution in [0.1, 0.15) is 11.3 Å². The number of rotatable bonds is 7. The Bertz CT molecular complexity index is 624. The van der Waals surface area contributed by atoms with Crippen LogP contribution in [0.15, 0.2) is 28.9 Å². The highest BCUT2D eigenvalue weighted by atomic mass is 16.6. The van der Waals surface area contributed by atoms with Crippen LogP contribution >= 0.6 is 0 Å². The first kappa shape index (κ1) is 15.1. The Morgan fingerprint density at radius 1 is 1.48 bits per heavy atom. The molecule has 0 aliphatic rings. The molecule has 0 saturated heterocycles. The lowest BCUT2D eigenvalue weighted by Gasteiger charge is -2.01. The molecule has 2 rings (SSSR count). The van der Waals surface area contributed by atoms with E-state index in [4.69, 9.17) is 9.15 Å². The zero-order chi connectivity index (χ0) is 15.2. The Balaban J connectivity index is 2.18. The maximum atomic E-state index is 11.2. The second kappa shape index (κ2) is 6.96. The highest BCUT2D eigenvalue weighted by Crippen LogP contribution is 2.31. The number of oxazole rings is 1. The zero-order valence-electron chi connectivity index (χ0n) is 12.0. The van der Waals surface area contributed by atoms with Gasteiger partial charge < -0.3 is 14.5 Å². The highest BCUT2D eigenvalue weighted by Gasteiger charge is 2.21. The van der Waals surface area contributed by atoms with E-state index in [1.54, 1.807) is 32.2 Å². The summed E-state index contributed by atoms with van der Waals surface area (Å²) < 4.78 is 10.3. The number of nitro benzene ring substituents is 1. The van der Waals surface area contributed by atoms with Gasteiger partial charge in [-0.1, -0.05) is 12.1 Å². The molecule has 0 amide bonds. The van der Waals surface area contributed by atoms with E-state index < -0.39 is 4.92 Å². The lowest BCUT2D eigenvalue weighted by Crippen LogP contribution is -2.18. The average molecular weight is 291 g/mol. The molecule has 1 aromatic heterocycles. The van der Waals surface area contributed by atoms with E-state index in [1.807, 2.05) is 0 Å². The van der Waals surface area contributed by atoms with Gasteiger partial charge in [-0.05, 0) is 13.0 Å². The topological polar surface area (TPSA) is 90.4 Å². The third-order valence-corrected chi connectivity index (χ3v) is 2.99. The third kappa shape index (κ3) is 3.65. The average Bonchev–Trinajstić information content (AvgIpc) is 2.91. The van der Waals surface area contributed by atoms with E-state index in [0.29, 0.717) is 36.5 Å². The van der Waals surface area contributed by atoms with Crippen LogP contribution in [0, 0.1) is 17.0 Å². The van der Waals surface area contributed by atoms with Gasteiger partial charge in [0.15, 0.2) is 0 Å². The van der Waals surface area contributed by atoms with E-state index in [-0.39, 0.29) is 11.6 Å². The first-order valence-electron chi connectivity index (χ1n) is 6.52. The smallest absolute Gasteiger partial charge is 0.284 e. The molecule has 0 spiro atoms. The molecule has 0 aliphatic heterocycles. The molecule has 0 radical (unpaired) electrons. The SMILES string of the molecule is COCCNCc1coc(-c2cccc(C)c2[N+](=O)[O-])n1. The summed E-state index contributed by atoms with van der Waals surface area (Å²) >= 11 is 0. The number of ether oxygens (including phenoxy) is 1. The predicted molar refractivity (Wildman–Crippen MR) is 76.9 cm³/mol. The highest BCUT2D eigenvalue weighted by molar-refractivity contribution is 5.69. The van der Waals surface area contributed by atoms with Crippen LogP contribution in [0.3, 0.4) is 0 Å². The van der Waals surface area contributed by atoms with E-state index in [1.165, 1.54) is 6.26 Å². The summed E-state index contributed by atoms with van der Waals surface area (Å²) in [6.07, 6.45) is 1.50. The van der Waals surface area contributed by atoms with E-state index in [9.17, 15) is 10.1 Å². The van der Waals surface area contributed by atoms with Crippen molar-refractivity contribution < 1.29 is 14.1 Å². The molecule has 2 aromatic rings. The summed E-state index contributed by atoms with van der Waals surface area (Å²) in [5.74, 6) is 0.258. The molecule has 21 heavy (non-hydrogen) atoms. The number of aryl methyl sites for hydroxylation is 1. The summed E-state index contributed by atoms with van der Waals surface area (Å²) in [6.45, 7) is 3.52. The first-order valence-corrected chi connectivity index (χ1v) is 6.52. The standard InChI is InChI=1S/C14H17N3O4/c1-10-4-3-5-12(13(10)17(18)19)14-16-11(9-21-14)8-15-6-7-20-2/h3-5,9,15H,6-8H2,1-2H3. The summed E-state index contributed by atoms with van der Waals surface area (Å²) in [7, 11) is 1.63. The Morgan fingerprint density at radius 2 is 2.29 bits per heavy atom. The largest absolute Gasteiger partial charge is 0.444 e. The van der Waals surface area contributed by atoms with E-state index >= 15 is 0 Å². The van der Waals surface area contributed by atoms with Crippen molar-refractivity contribution in [1.82, 2.24) is 10.3 Å². The van der Waals surface area contributed by atoms with Crippen molar-refractivity contribution in [1.29, 1.82) is 0 Å². The van der Waals surface area contributed by atoms with E-state index in [0.717, 1.165) is 0 Å². The molecule has 0 atom stereocenters. The molecule has 0 aliphatic carbocycles. The minimum atomic E-state index is -0.411. The molecular formula is C14H17N3O4. The number of nitrogens with one attached hydrogen (secondary N) is 1. The lowest BCUT2D eigenvalue weighted by atomic mass is 10.1. The molecule has 7 heteroatoms. The van der Waals surface area contributed by atoms with Crippen molar-refractivity contribution in [2.24, 2.45) is 0 Å². The van der Waals surface area contributed by atoms with Gasteiger partial charge in [0.1, 0.15) is 11.8 Å². The summed E-state index contributed by atoms with van der Waals surface area (Å²) in [4.78, 5) is 15.1. The molecular weight excluding hydrogens is 274 g/mol. The van der Waals surface area contributed by atoms with Crippen molar-refractivity contribution in [3.8, 4) is 11.5 Å². The number of methoxy groups -OCH3 is 1. The van der Waals surface area contributed by atoms with Gasteiger partial charge in [0.25, 0.3) is 5.69 Å². The molecule has 0 unspecified atom stereocenters. The molecule has 1 heterocycles. The Morgan fingerprint density at radius 3 is 3.00 bits per heavy atom. The van der Waals surface area contributed by atoms with Crippen molar-refractivity contribution in [3.05, 3.63) is 45.8 Å². The van der Waals surface area contributed by atoms with Gasteiger partial charge in [0.05, 0.1) is 17.2 Å². The van der Waals surface area contributed by atoms with Crippen molar-refractivity contribution in [3.63, 3.8) is 0 Å². The fraction of sp³-hybridized carbons (Fsp3) is 0.357.